The molecule has 7 heteroatoms. The van der Waals surface area contributed by atoms with Crippen LogP contribution in [0.4, 0.5) is 0 Å². The highest BCUT2D eigenvalue weighted by molar-refractivity contribution is 9.10. The number of aromatic nitrogens is 3. The van der Waals surface area contributed by atoms with Crippen LogP contribution in [-0.4, -0.2) is 45.0 Å². The third-order valence-corrected chi connectivity index (χ3v) is 7.15. The van der Waals surface area contributed by atoms with E-state index < -0.39 is 0 Å². The van der Waals surface area contributed by atoms with Crippen molar-refractivity contribution in [2.75, 3.05) is 19.6 Å². The molecule has 1 fully saturated rings. The molecule has 5 rings (SSSR count). The zero-order valence-corrected chi connectivity index (χ0v) is 20.3. The molecule has 33 heavy (non-hydrogen) atoms. The van der Waals surface area contributed by atoms with Crippen LogP contribution in [0.3, 0.4) is 0 Å². The highest BCUT2D eigenvalue weighted by Gasteiger charge is 2.25. The van der Waals surface area contributed by atoms with Gasteiger partial charge in [0.2, 0.25) is 11.7 Å². The molecule has 0 amide bonds. The molecule has 3 heterocycles. The smallest absolute Gasteiger partial charge is 0.230 e. The molecule has 0 aliphatic carbocycles. The van der Waals surface area contributed by atoms with Gasteiger partial charge in [0, 0.05) is 39.6 Å². The lowest BCUT2D eigenvalue weighted by Crippen LogP contribution is -2.34. The van der Waals surface area contributed by atoms with Crippen LogP contribution in [0.2, 0.25) is 0 Å². The third-order valence-electron chi connectivity index (χ3n) is 6.51. The minimum absolute atomic E-state index is 0.107. The first-order valence-electron chi connectivity index (χ1n) is 11.5. The predicted octanol–water partition coefficient (Wildman–Crippen LogP) is 5.93. The van der Waals surface area contributed by atoms with Gasteiger partial charge in [0.05, 0.1) is 5.52 Å². The van der Waals surface area contributed by atoms with Gasteiger partial charge in [-0.25, -0.2) is 0 Å². The second-order valence-electron chi connectivity index (χ2n) is 8.72. The fourth-order valence-corrected chi connectivity index (χ4v) is 5.34. The molecule has 2 aromatic carbocycles. The van der Waals surface area contributed by atoms with Crippen LogP contribution in [0, 0.1) is 0 Å². The number of carbonyl (C=O) groups is 1. The van der Waals surface area contributed by atoms with Gasteiger partial charge in [0.15, 0.2) is 5.78 Å². The Hall–Kier alpha value is -2.77. The first-order valence-corrected chi connectivity index (χ1v) is 12.3. The van der Waals surface area contributed by atoms with E-state index in [2.05, 4.69) is 35.5 Å². The number of aryl methyl sites for hydroxylation is 1. The number of piperidine rings is 1. The first kappa shape index (κ1) is 22.0. The number of nitrogens with zero attached hydrogens (tertiary/aromatic N) is 4. The van der Waals surface area contributed by atoms with Gasteiger partial charge in [-0.2, -0.15) is 4.98 Å². The Balaban J connectivity index is 1.16. The van der Waals surface area contributed by atoms with E-state index >= 15 is 0 Å². The van der Waals surface area contributed by atoms with Crippen LogP contribution in [0.1, 0.15) is 48.4 Å². The minimum Gasteiger partial charge on any atom is -0.346 e. The second kappa shape index (κ2) is 9.61. The van der Waals surface area contributed by atoms with Crippen molar-refractivity contribution in [3.63, 3.8) is 0 Å². The summed E-state index contributed by atoms with van der Waals surface area (Å²) in [5, 5.41) is 5.20. The van der Waals surface area contributed by atoms with Crippen LogP contribution < -0.4 is 0 Å². The van der Waals surface area contributed by atoms with E-state index in [1.165, 1.54) is 0 Å². The number of Topliss-reactive ketones (excluding diaryl/α,β-unsaturated/α-hetero) is 1. The summed E-state index contributed by atoms with van der Waals surface area (Å²) >= 11 is 3.66. The Morgan fingerprint density at radius 1 is 1.09 bits per heavy atom. The molecule has 2 aromatic heterocycles. The van der Waals surface area contributed by atoms with Crippen LogP contribution >= 0.6 is 15.9 Å². The van der Waals surface area contributed by atoms with E-state index in [4.69, 9.17) is 4.52 Å². The number of halogens is 1. The quantitative estimate of drug-likeness (QED) is 0.291. The zero-order chi connectivity index (χ0) is 22.8. The molecule has 170 valence electrons. The third kappa shape index (κ3) is 4.66. The molecule has 0 spiro atoms. The standard InChI is InChI=1S/C26H27BrN4O2/c1-18(32)22-17-31(24-21(22)9-5-10-23(24)27)14-6-13-30-15-11-20(12-16-30)26-28-25(29-33-26)19-7-3-2-4-8-19/h2-5,7-10,17,20H,6,11-16H2,1H3. The van der Waals surface area contributed by atoms with Crippen molar-refractivity contribution >= 4 is 32.6 Å². The predicted molar refractivity (Wildman–Crippen MR) is 132 cm³/mol. The highest BCUT2D eigenvalue weighted by Crippen LogP contribution is 2.30. The number of para-hydroxylation sites is 1. The minimum atomic E-state index is 0.107. The molecule has 0 bridgehead atoms. The number of ketones is 1. The number of carbonyl (C=O) groups excluding carboxylic acids is 1. The maximum atomic E-state index is 12.1. The number of rotatable bonds is 7. The summed E-state index contributed by atoms with van der Waals surface area (Å²) < 4.78 is 8.84. The molecule has 0 radical (unpaired) electrons. The van der Waals surface area contributed by atoms with Crippen LogP contribution in [0.5, 0.6) is 0 Å². The molecule has 0 saturated carbocycles. The maximum Gasteiger partial charge on any atom is 0.230 e. The van der Waals surface area contributed by atoms with Crippen molar-refractivity contribution in [3.05, 3.63) is 70.7 Å². The molecule has 1 saturated heterocycles. The van der Waals surface area contributed by atoms with E-state index in [9.17, 15) is 4.79 Å². The molecule has 0 atom stereocenters. The molecular weight excluding hydrogens is 480 g/mol. The number of hydrogen-bond acceptors (Lipinski definition) is 5. The summed E-state index contributed by atoms with van der Waals surface area (Å²) in [6.45, 7) is 5.61. The Morgan fingerprint density at radius 2 is 1.88 bits per heavy atom. The average Bonchev–Trinajstić information content (AvgIpc) is 3.47. The highest BCUT2D eigenvalue weighted by atomic mass is 79.9. The van der Waals surface area contributed by atoms with Gasteiger partial charge in [-0.05, 0) is 67.8 Å². The van der Waals surface area contributed by atoms with Gasteiger partial charge in [-0.3, -0.25) is 4.79 Å². The molecule has 1 aliphatic heterocycles. The molecule has 0 N–H and O–H groups in total. The fourth-order valence-electron chi connectivity index (χ4n) is 4.75. The Morgan fingerprint density at radius 3 is 2.64 bits per heavy atom. The average molecular weight is 507 g/mol. The lowest BCUT2D eigenvalue weighted by atomic mass is 9.96. The normalized spacial score (nSPS) is 15.3. The summed E-state index contributed by atoms with van der Waals surface area (Å²) in [6.07, 6.45) is 5.10. The van der Waals surface area contributed by atoms with Crippen LogP contribution in [0.25, 0.3) is 22.3 Å². The molecular formula is C26H27BrN4O2. The fraction of sp³-hybridized carbons (Fsp3) is 0.346. The van der Waals surface area contributed by atoms with Gasteiger partial charge in [0.1, 0.15) is 0 Å². The van der Waals surface area contributed by atoms with Crippen molar-refractivity contribution in [1.82, 2.24) is 19.6 Å². The summed E-state index contributed by atoms with van der Waals surface area (Å²) in [4.78, 5) is 19.2. The van der Waals surface area contributed by atoms with E-state index in [1.54, 1.807) is 6.92 Å². The lowest BCUT2D eigenvalue weighted by molar-refractivity contribution is 0.101. The van der Waals surface area contributed by atoms with Crippen molar-refractivity contribution in [3.8, 4) is 11.4 Å². The molecule has 0 unspecified atom stereocenters. The van der Waals surface area contributed by atoms with Crippen molar-refractivity contribution in [1.29, 1.82) is 0 Å². The summed E-state index contributed by atoms with van der Waals surface area (Å²) in [6, 6.07) is 16.0. The Kier molecular flexibility index (Phi) is 6.42. The topological polar surface area (TPSA) is 64.2 Å². The van der Waals surface area contributed by atoms with Crippen LogP contribution in [-0.2, 0) is 6.54 Å². The zero-order valence-electron chi connectivity index (χ0n) is 18.7. The SMILES string of the molecule is CC(=O)c1cn(CCCN2CCC(c3nc(-c4ccccc4)no3)CC2)c2c(Br)cccc12. The largest absolute Gasteiger partial charge is 0.346 e. The number of fused-ring (bicyclic) bond motifs is 1. The van der Waals surface area contributed by atoms with Gasteiger partial charge in [0.25, 0.3) is 0 Å². The Labute approximate surface area is 201 Å². The van der Waals surface area contributed by atoms with E-state index in [0.717, 1.165) is 77.8 Å². The number of benzene rings is 2. The monoisotopic (exact) mass is 506 g/mol. The van der Waals surface area contributed by atoms with Crippen molar-refractivity contribution < 1.29 is 9.32 Å². The number of likely N-dealkylation sites (tertiary alicyclic amines) is 1. The van der Waals surface area contributed by atoms with Gasteiger partial charge < -0.3 is 14.0 Å². The van der Waals surface area contributed by atoms with E-state index in [1.807, 2.05) is 54.7 Å². The van der Waals surface area contributed by atoms with Crippen molar-refractivity contribution in [2.45, 2.75) is 38.6 Å². The van der Waals surface area contributed by atoms with Crippen molar-refractivity contribution in [2.24, 2.45) is 0 Å². The molecule has 1 aliphatic rings. The van der Waals surface area contributed by atoms with Crippen LogP contribution in [0.15, 0.2) is 63.7 Å². The molecule has 4 aromatic rings. The second-order valence-corrected chi connectivity index (χ2v) is 9.57. The van der Waals surface area contributed by atoms with E-state index in [0.29, 0.717) is 11.7 Å². The number of hydrogen-bond donors (Lipinski definition) is 0. The maximum absolute atomic E-state index is 12.1. The summed E-state index contributed by atoms with van der Waals surface area (Å²) in [7, 11) is 0. The van der Waals surface area contributed by atoms with Gasteiger partial charge in [-0.15, -0.1) is 0 Å². The van der Waals surface area contributed by atoms with Gasteiger partial charge in [-0.1, -0.05) is 47.6 Å². The lowest BCUT2D eigenvalue weighted by Gasteiger charge is -2.30. The summed E-state index contributed by atoms with van der Waals surface area (Å²) in [5.74, 6) is 1.86. The summed E-state index contributed by atoms with van der Waals surface area (Å²) in [5.41, 5.74) is 2.88. The first-order chi connectivity index (χ1) is 16.1. The Bertz CT molecular complexity index is 1260. The van der Waals surface area contributed by atoms with E-state index in [-0.39, 0.29) is 5.78 Å². The van der Waals surface area contributed by atoms with Gasteiger partial charge >= 0.3 is 0 Å². The molecule has 6 nitrogen and oxygen atoms in total.